The molecule has 0 aliphatic rings. The molecule has 0 saturated carbocycles. The number of hydrogen-bond acceptors (Lipinski definition) is 1. The van der Waals surface area contributed by atoms with Gasteiger partial charge in [-0.3, -0.25) is 4.79 Å². The van der Waals surface area contributed by atoms with Crippen LogP contribution in [0.2, 0.25) is 0 Å². The summed E-state index contributed by atoms with van der Waals surface area (Å²) in [6.45, 7) is 6.93. The average molecular weight is 222 g/mol. The van der Waals surface area contributed by atoms with Gasteiger partial charge in [0.1, 0.15) is 0 Å². The van der Waals surface area contributed by atoms with Crippen molar-refractivity contribution in [1.29, 1.82) is 0 Å². The zero-order valence-corrected chi connectivity index (χ0v) is 10.8. The molecule has 90 valence electrons. The minimum Gasteiger partial charge on any atom is -0.352 e. The van der Waals surface area contributed by atoms with Gasteiger partial charge in [-0.05, 0) is 26.3 Å². The van der Waals surface area contributed by atoms with Gasteiger partial charge in [0, 0.05) is 25.0 Å². The Morgan fingerprint density at radius 3 is 2.56 bits per heavy atom. The molecule has 0 radical (unpaired) electrons. The van der Waals surface area contributed by atoms with E-state index in [1.54, 1.807) is 0 Å². The first-order valence-corrected chi connectivity index (χ1v) is 5.99. The maximum atomic E-state index is 11.9. The fraction of sp³-hybridized carbons (Fsp3) is 0.615. The second-order valence-corrected chi connectivity index (χ2v) is 4.31. The highest BCUT2D eigenvalue weighted by Gasteiger charge is 2.12. The Hall–Kier alpha value is -1.25. The predicted octanol–water partition coefficient (Wildman–Crippen LogP) is 2.56. The van der Waals surface area contributed by atoms with Gasteiger partial charge in [0.05, 0.1) is 5.56 Å². The molecule has 0 atom stereocenters. The van der Waals surface area contributed by atoms with E-state index < -0.39 is 0 Å². The van der Waals surface area contributed by atoms with Gasteiger partial charge in [-0.25, -0.2) is 0 Å². The van der Waals surface area contributed by atoms with Gasteiger partial charge in [0.15, 0.2) is 0 Å². The van der Waals surface area contributed by atoms with Crippen molar-refractivity contribution in [1.82, 2.24) is 9.88 Å². The maximum absolute atomic E-state index is 11.9. The molecule has 0 spiro atoms. The first-order chi connectivity index (χ1) is 7.57. The number of unbranched alkanes of at least 4 members (excludes halogenated alkanes) is 2. The van der Waals surface area contributed by atoms with Gasteiger partial charge in [0.2, 0.25) is 0 Å². The van der Waals surface area contributed by atoms with Crippen LogP contribution in [0, 0.1) is 13.8 Å². The number of nitrogens with zero attached hydrogens (tertiary/aromatic N) is 1. The van der Waals surface area contributed by atoms with Crippen molar-refractivity contribution >= 4 is 5.91 Å². The molecular formula is C13H22N2O. The third kappa shape index (κ3) is 2.87. The molecule has 16 heavy (non-hydrogen) atoms. The molecule has 3 heteroatoms. The minimum atomic E-state index is 0.0531. The number of carbonyl (C=O) groups excluding carboxylic acids is 1. The van der Waals surface area contributed by atoms with E-state index in [2.05, 4.69) is 12.2 Å². The van der Waals surface area contributed by atoms with Crippen LogP contribution in [0.5, 0.6) is 0 Å². The second-order valence-electron chi connectivity index (χ2n) is 4.31. The summed E-state index contributed by atoms with van der Waals surface area (Å²) in [6, 6.07) is 1.95. The second kappa shape index (κ2) is 5.73. The van der Waals surface area contributed by atoms with Crippen LogP contribution in [0.3, 0.4) is 0 Å². The molecule has 3 nitrogen and oxygen atoms in total. The third-order valence-electron chi connectivity index (χ3n) is 3.09. The fourth-order valence-electron chi connectivity index (χ4n) is 1.76. The standard InChI is InChI=1S/C13H22N2O/c1-5-6-7-8-14-13(16)12-9-10(2)15(4)11(12)3/h9H,5-8H2,1-4H3,(H,14,16). The van der Waals surface area contributed by atoms with Crippen LogP contribution in [0.25, 0.3) is 0 Å². The van der Waals surface area contributed by atoms with Crippen LogP contribution in [-0.2, 0) is 7.05 Å². The maximum Gasteiger partial charge on any atom is 0.253 e. The van der Waals surface area contributed by atoms with Crippen LogP contribution in [0.4, 0.5) is 0 Å². The van der Waals surface area contributed by atoms with Crippen molar-refractivity contribution in [2.24, 2.45) is 7.05 Å². The number of aryl methyl sites for hydroxylation is 1. The van der Waals surface area contributed by atoms with Crippen LogP contribution in [0.15, 0.2) is 6.07 Å². The molecule has 0 unspecified atom stereocenters. The van der Waals surface area contributed by atoms with Crippen LogP contribution in [0.1, 0.15) is 47.9 Å². The number of hydrogen-bond donors (Lipinski definition) is 1. The molecule has 0 saturated heterocycles. The topological polar surface area (TPSA) is 34.0 Å². The molecule has 1 heterocycles. The molecule has 0 aliphatic carbocycles. The van der Waals surface area contributed by atoms with Gasteiger partial charge in [-0.1, -0.05) is 19.8 Å². The Labute approximate surface area is 97.8 Å². The molecule has 1 aromatic rings. The van der Waals surface area contributed by atoms with E-state index in [0.29, 0.717) is 0 Å². The summed E-state index contributed by atoms with van der Waals surface area (Å²) < 4.78 is 2.04. The van der Waals surface area contributed by atoms with Crippen LogP contribution >= 0.6 is 0 Å². The molecule has 0 fully saturated rings. The lowest BCUT2D eigenvalue weighted by Crippen LogP contribution is -2.24. The zero-order chi connectivity index (χ0) is 12.1. The van der Waals surface area contributed by atoms with Gasteiger partial charge < -0.3 is 9.88 Å². The summed E-state index contributed by atoms with van der Waals surface area (Å²) in [5.41, 5.74) is 2.96. The lowest BCUT2D eigenvalue weighted by atomic mass is 10.2. The van der Waals surface area contributed by atoms with E-state index in [0.717, 1.165) is 29.9 Å². The van der Waals surface area contributed by atoms with Crippen LogP contribution < -0.4 is 5.32 Å². The van der Waals surface area contributed by atoms with E-state index in [-0.39, 0.29) is 5.91 Å². The van der Waals surface area contributed by atoms with E-state index in [9.17, 15) is 4.79 Å². The summed E-state index contributed by atoms with van der Waals surface area (Å²) in [7, 11) is 1.98. The first-order valence-electron chi connectivity index (χ1n) is 5.99. The lowest BCUT2D eigenvalue weighted by molar-refractivity contribution is 0.0952. The van der Waals surface area contributed by atoms with Gasteiger partial charge in [0.25, 0.3) is 5.91 Å². The number of amides is 1. The van der Waals surface area contributed by atoms with Crippen molar-refractivity contribution in [3.8, 4) is 0 Å². The number of aromatic nitrogens is 1. The normalized spacial score (nSPS) is 10.5. The third-order valence-corrected chi connectivity index (χ3v) is 3.09. The predicted molar refractivity (Wildman–Crippen MR) is 66.7 cm³/mol. The Morgan fingerprint density at radius 1 is 1.38 bits per heavy atom. The highest BCUT2D eigenvalue weighted by Crippen LogP contribution is 2.12. The largest absolute Gasteiger partial charge is 0.352 e. The summed E-state index contributed by atoms with van der Waals surface area (Å²) in [5.74, 6) is 0.0531. The van der Waals surface area contributed by atoms with Crippen molar-refractivity contribution in [3.63, 3.8) is 0 Å². The molecule has 1 amide bonds. The Morgan fingerprint density at radius 2 is 2.06 bits per heavy atom. The molecular weight excluding hydrogens is 200 g/mol. The van der Waals surface area contributed by atoms with E-state index in [4.69, 9.17) is 0 Å². The first kappa shape index (κ1) is 12.8. The van der Waals surface area contributed by atoms with Gasteiger partial charge >= 0.3 is 0 Å². The zero-order valence-electron chi connectivity index (χ0n) is 10.8. The number of rotatable bonds is 5. The van der Waals surface area contributed by atoms with E-state index >= 15 is 0 Å². The van der Waals surface area contributed by atoms with Gasteiger partial charge in [-0.15, -0.1) is 0 Å². The molecule has 0 aromatic carbocycles. The molecule has 1 N–H and O–H groups in total. The summed E-state index contributed by atoms with van der Waals surface area (Å²) >= 11 is 0. The monoisotopic (exact) mass is 222 g/mol. The Kier molecular flexibility index (Phi) is 4.59. The molecule has 0 bridgehead atoms. The minimum absolute atomic E-state index is 0.0531. The highest BCUT2D eigenvalue weighted by atomic mass is 16.1. The number of nitrogens with one attached hydrogen (secondary N) is 1. The van der Waals surface area contributed by atoms with Crippen molar-refractivity contribution < 1.29 is 4.79 Å². The highest BCUT2D eigenvalue weighted by molar-refractivity contribution is 5.95. The van der Waals surface area contributed by atoms with E-state index in [1.165, 1.54) is 12.8 Å². The van der Waals surface area contributed by atoms with E-state index in [1.807, 2.05) is 31.5 Å². The SMILES string of the molecule is CCCCCNC(=O)c1cc(C)n(C)c1C. The number of carbonyl (C=O) groups is 1. The Bertz CT molecular complexity index is 366. The van der Waals surface area contributed by atoms with Crippen molar-refractivity contribution in [2.75, 3.05) is 6.54 Å². The Balaban J connectivity index is 2.56. The fourth-order valence-corrected chi connectivity index (χ4v) is 1.76. The van der Waals surface area contributed by atoms with Crippen molar-refractivity contribution in [3.05, 3.63) is 23.0 Å². The summed E-state index contributed by atoms with van der Waals surface area (Å²) in [5, 5.41) is 2.96. The van der Waals surface area contributed by atoms with Crippen molar-refractivity contribution in [2.45, 2.75) is 40.0 Å². The quantitative estimate of drug-likeness (QED) is 0.763. The smallest absolute Gasteiger partial charge is 0.253 e. The molecule has 1 aromatic heterocycles. The van der Waals surface area contributed by atoms with Crippen LogP contribution in [-0.4, -0.2) is 17.0 Å². The molecule has 0 aliphatic heterocycles. The lowest BCUT2D eigenvalue weighted by Gasteiger charge is -2.05. The molecule has 1 rings (SSSR count). The summed E-state index contributed by atoms with van der Waals surface area (Å²) in [4.78, 5) is 11.9. The average Bonchev–Trinajstić information content (AvgIpc) is 2.52. The summed E-state index contributed by atoms with van der Waals surface area (Å²) in [6.07, 6.45) is 3.42. The van der Waals surface area contributed by atoms with Gasteiger partial charge in [-0.2, -0.15) is 0 Å².